The van der Waals surface area contributed by atoms with E-state index < -0.39 is 23.3 Å². The van der Waals surface area contributed by atoms with Crippen LogP contribution in [0.5, 0.6) is 0 Å². The lowest BCUT2D eigenvalue weighted by atomic mass is 10.0. The molecule has 0 aromatic heterocycles. The minimum atomic E-state index is -1.56. The van der Waals surface area contributed by atoms with Crippen molar-refractivity contribution in [1.82, 2.24) is 5.32 Å². The van der Waals surface area contributed by atoms with Crippen molar-refractivity contribution in [2.75, 3.05) is 6.54 Å². The summed E-state index contributed by atoms with van der Waals surface area (Å²) in [5.74, 6) is -4.66. The molecule has 106 valence electrons. The second kappa shape index (κ2) is 6.05. The highest BCUT2D eigenvalue weighted by molar-refractivity contribution is 5.64. The fraction of sp³-hybridized carbons (Fsp3) is 0.200. The Balaban J connectivity index is 2.39. The van der Waals surface area contributed by atoms with Crippen LogP contribution >= 0.6 is 0 Å². The summed E-state index contributed by atoms with van der Waals surface area (Å²) in [5.41, 5.74) is 0.426. The number of hydrogen-bond acceptors (Lipinski definition) is 1. The predicted molar refractivity (Wildman–Crippen MR) is 69.1 cm³/mol. The molecular weight excluding hydrogens is 270 g/mol. The predicted octanol–water partition coefficient (Wildman–Crippen LogP) is 4.02. The number of nitrogens with one attached hydrogen (secondary N) is 1. The van der Waals surface area contributed by atoms with Crippen molar-refractivity contribution in [3.05, 3.63) is 59.2 Å². The van der Waals surface area contributed by atoms with Gasteiger partial charge in [0.2, 0.25) is 0 Å². The Kier molecular flexibility index (Phi) is 4.39. The SMILES string of the molecule is CCNCc1ccc(-c2ccc(F)c(F)c2F)cc1F. The van der Waals surface area contributed by atoms with E-state index in [9.17, 15) is 17.6 Å². The average Bonchev–Trinajstić information content (AvgIpc) is 2.44. The van der Waals surface area contributed by atoms with Gasteiger partial charge in [0, 0.05) is 17.7 Å². The molecule has 0 saturated carbocycles. The Labute approximate surface area is 114 Å². The Bertz CT molecular complexity index is 626. The Hall–Kier alpha value is -1.88. The van der Waals surface area contributed by atoms with E-state index in [1.807, 2.05) is 6.92 Å². The van der Waals surface area contributed by atoms with Crippen LogP contribution in [0.4, 0.5) is 17.6 Å². The first-order valence-corrected chi connectivity index (χ1v) is 6.17. The normalized spacial score (nSPS) is 10.8. The standard InChI is InChI=1S/C15H13F4N/c1-2-20-8-10-4-3-9(7-13(10)17)11-5-6-12(16)15(19)14(11)18/h3-7,20H,2,8H2,1H3. The molecule has 0 spiro atoms. The molecule has 2 aromatic carbocycles. The van der Waals surface area contributed by atoms with Crippen molar-refractivity contribution in [3.63, 3.8) is 0 Å². The third kappa shape index (κ3) is 2.82. The average molecular weight is 283 g/mol. The molecule has 0 amide bonds. The van der Waals surface area contributed by atoms with E-state index in [1.165, 1.54) is 12.1 Å². The first-order valence-electron chi connectivity index (χ1n) is 6.17. The van der Waals surface area contributed by atoms with E-state index in [-0.39, 0.29) is 11.1 Å². The zero-order valence-electron chi connectivity index (χ0n) is 10.8. The van der Waals surface area contributed by atoms with Crippen molar-refractivity contribution in [1.29, 1.82) is 0 Å². The number of hydrogen-bond donors (Lipinski definition) is 1. The molecule has 2 aromatic rings. The summed E-state index contributed by atoms with van der Waals surface area (Å²) >= 11 is 0. The molecule has 0 radical (unpaired) electrons. The molecule has 2 rings (SSSR count). The second-order valence-corrected chi connectivity index (χ2v) is 4.31. The van der Waals surface area contributed by atoms with Crippen LogP contribution in [0.3, 0.4) is 0 Å². The van der Waals surface area contributed by atoms with Crippen LogP contribution in [0.15, 0.2) is 30.3 Å². The van der Waals surface area contributed by atoms with E-state index >= 15 is 0 Å². The van der Waals surface area contributed by atoms with Crippen LogP contribution < -0.4 is 5.32 Å². The van der Waals surface area contributed by atoms with Crippen molar-refractivity contribution >= 4 is 0 Å². The van der Waals surface area contributed by atoms with Crippen LogP contribution in [0.25, 0.3) is 11.1 Å². The molecule has 0 bridgehead atoms. The van der Waals surface area contributed by atoms with Gasteiger partial charge in [-0.1, -0.05) is 19.1 Å². The van der Waals surface area contributed by atoms with Crippen molar-refractivity contribution < 1.29 is 17.6 Å². The van der Waals surface area contributed by atoms with Gasteiger partial charge in [-0.3, -0.25) is 0 Å². The topological polar surface area (TPSA) is 12.0 Å². The van der Waals surface area contributed by atoms with E-state index in [2.05, 4.69) is 5.32 Å². The summed E-state index contributed by atoms with van der Waals surface area (Å²) in [4.78, 5) is 0. The van der Waals surface area contributed by atoms with Gasteiger partial charge < -0.3 is 5.32 Å². The molecule has 0 aliphatic heterocycles. The quantitative estimate of drug-likeness (QED) is 0.660. The van der Waals surface area contributed by atoms with Gasteiger partial charge in [0.05, 0.1) is 0 Å². The fourth-order valence-electron chi connectivity index (χ4n) is 1.87. The van der Waals surface area contributed by atoms with Crippen LogP contribution in [0, 0.1) is 23.3 Å². The molecule has 0 saturated heterocycles. The fourth-order valence-corrected chi connectivity index (χ4v) is 1.87. The molecule has 0 fully saturated rings. The Morgan fingerprint density at radius 3 is 2.30 bits per heavy atom. The molecule has 0 aliphatic carbocycles. The lowest BCUT2D eigenvalue weighted by Gasteiger charge is -2.08. The molecule has 0 atom stereocenters. The van der Waals surface area contributed by atoms with Crippen LogP contribution in [0.2, 0.25) is 0 Å². The highest BCUT2D eigenvalue weighted by atomic mass is 19.2. The summed E-state index contributed by atoms with van der Waals surface area (Å²) in [7, 11) is 0. The van der Waals surface area contributed by atoms with Gasteiger partial charge in [0.15, 0.2) is 17.5 Å². The van der Waals surface area contributed by atoms with Crippen LogP contribution in [0.1, 0.15) is 12.5 Å². The first kappa shape index (κ1) is 14.5. The maximum absolute atomic E-state index is 13.8. The Morgan fingerprint density at radius 1 is 0.900 bits per heavy atom. The minimum absolute atomic E-state index is 0.166. The molecule has 0 unspecified atom stereocenters. The molecule has 20 heavy (non-hydrogen) atoms. The zero-order chi connectivity index (χ0) is 14.7. The molecule has 0 heterocycles. The van der Waals surface area contributed by atoms with Crippen molar-refractivity contribution in [3.8, 4) is 11.1 Å². The first-order chi connectivity index (χ1) is 9.54. The lowest BCUT2D eigenvalue weighted by molar-refractivity contribution is 0.449. The zero-order valence-corrected chi connectivity index (χ0v) is 10.8. The summed E-state index contributed by atoms with van der Waals surface area (Å²) in [6.45, 7) is 2.94. The van der Waals surface area contributed by atoms with Gasteiger partial charge >= 0.3 is 0 Å². The number of halogens is 4. The summed E-state index contributed by atoms with van der Waals surface area (Å²) in [6, 6.07) is 5.99. The lowest BCUT2D eigenvalue weighted by Crippen LogP contribution is -2.12. The van der Waals surface area contributed by atoms with Crippen molar-refractivity contribution in [2.45, 2.75) is 13.5 Å². The van der Waals surface area contributed by atoms with E-state index in [0.717, 1.165) is 18.2 Å². The van der Waals surface area contributed by atoms with E-state index in [1.54, 1.807) is 0 Å². The maximum Gasteiger partial charge on any atom is 0.195 e. The van der Waals surface area contributed by atoms with E-state index in [4.69, 9.17) is 0 Å². The molecular formula is C15H13F4N. The van der Waals surface area contributed by atoms with Gasteiger partial charge in [0.25, 0.3) is 0 Å². The van der Waals surface area contributed by atoms with Crippen LogP contribution in [-0.4, -0.2) is 6.54 Å². The maximum atomic E-state index is 13.8. The molecule has 1 N–H and O–H groups in total. The number of benzene rings is 2. The third-order valence-electron chi connectivity index (χ3n) is 2.96. The van der Waals surface area contributed by atoms with E-state index in [0.29, 0.717) is 18.7 Å². The monoisotopic (exact) mass is 283 g/mol. The van der Waals surface area contributed by atoms with Crippen LogP contribution in [-0.2, 0) is 6.54 Å². The molecule has 1 nitrogen and oxygen atoms in total. The largest absolute Gasteiger partial charge is 0.313 e. The van der Waals surface area contributed by atoms with Gasteiger partial charge in [0.1, 0.15) is 5.82 Å². The van der Waals surface area contributed by atoms with Crippen molar-refractivity contribution in [2.24, 2.45) is 0 Å². The minimum Gasteiger partial charge on any atom is -0.313 e. The third-order valence-corrected chi connectivity index (χ3v) is 2.96. The summed E-state index contributed by atoms with van der Waals surface area (Å²) in [6.07, 6.45) is 0. The highest BCUT2D eigenvalue weighted by Gasteiger charge is 2.15. The van der Waals surface area contributed by atoms with Gasteiger partial charge in [-0.05, 0) is 30.3 Å². The smallest absolute Gasteiger partial charge is 0.195 e. The summed E-state index contributed by atoms with van der Waals surface area (Å²) in [5, 5.41) is 2.97. The summed E-state index contributed by atoms with van der Waals surface area (Å²) < 4.78 is 53.5. The van der Waals surface area contributed by atoms with Gasteiger partial charge in [-0.15, -0.1) is 0 Å². The van der Waals surface area contributed by atoms with Gasteiger partial charge in [-0.25, -0.2) is 17.6 Å². The van der Waals surface area contributed by atoms with Gasteiger partial charge in [-0.2, -0.15) is 0 Å². The highest BCUT2D eigenvalue weighted by Crippen LogP contribution is 2.27. The Morgan fingerprint density at radius 2 is 1.65 bits per heavy atom. The second-order valence-electron chi connectivity index (χ2n) is 4.31. The number of rotatable bonds is 4. The molecule has 5 heteroatoms. The molecule has 0 aliphatic rings.